The quantitative estimate of drug-likeness (QED) is 0.680. The van der Waals surface area contributed by atoms with E-state index in [1.165, 1.54) is 25.4 Å². The highest BCUT2D eigenvalue weighted by molar-refractivity contribution is 7.89. The third-order valence-corrected chi connectivity index (χ3v) is 4.80. The topological polar surface area (TPSA) is 97.4 Å². The summed E-state index contributed by atoms with van der Waals surface area (Å²) >= 11 is 0. The number of hydrogen-bond donors (Lipinski definition) is 2. The average Bonchev–Trinajstić information content (AvgIpc) is 2.64. The van der Waals surface area contributed by atoms with E-state index in [9.17, 15) is 17.6 Å². The summed E-state index contributed by atoms with van der Waals surface area (Å²) < 4.78 is 45.2. The fraction of sp³-hybridized carbons (Fsp3) is 0.176. The fourth-order valence-electron chi connectivity index (χ4n) is 2.05. The van der Waals surface area contributed by atoms with Crippen LogP contribution < -0.4 is 14.8 Å². The molecule has 1 aromatic carbocycles. The van der Waals surface area contributed by atoms with Gasteiger partial charge in [-0.3, -0.25) is 4.79 Å². The minimum absolute atomic E-state index is 0.0198. The molecule has 0 spiro atoms. The van der Waals surface area contributed by atoms with Crippen molar-refractivity contribution in [2.24, 2.45) is 0 Å². The molecule has 0 aliphatic carbocycles. The number of benzene rings is 1. The maximum atomic E-state index is 13.9. The Hall–Kier alpha value is -2.78. The van der Waals surface area contributed by atoms with Crippen molar-refractivity contribution in [2.45, 2.75) is 11.4 Å². The van der Waals surface area contributed by atoms with E-state index in [0.29, 0.717) is 5.88 Å². The Bertz CT molecular complexity index is 916. The van der Waals surface area contributed by atoms with Crippen molar-refractivity contribution < 1.29 is 22.3 Å². The molecule has 2 rings (SSSR count). The van der Waals surface area contributed by atoms with Gasteiger partial charge in [0.2, 0.25) is 15.9 Å². The van der Waals surface area contributed by atoms with E-state index in [1.54, 1.807) is 12.1 Å². The SMILES string of the molecule is C=CCNS(=O)(=O)c1cc(C(=O)NCc2ccnc(OC)c2)ccc1F. The van der Waals surface area contributed by atoms with E-state index < -0.39 is 26.6 Å². The molecular weight excluding hydrogens is 361 g/mol. The summed E-state index contributed by atoms with van der Waals surface area (Å²) in [5.74, 6) is -1.09. The first-order valence-corrected chi connectivity index (χ1v) is 9.03. The minimum atomic E-state index is -4.09. The highest BCUT2D eigenvalue weighted by Gasteiger charge is 2.20. The van der Waals surface area contributed by atoms with Crippen LogP contribution in [0.4, 0.5) is 4.39 Å². The highest BCUT2D eigenvalue weighted by atomic mass is 32.2. The van der Waals surface area contributed by atoms with Crippen LogP contribution in [0.3, 0.4) is 0 Å². The number of nitrogens with one attached hydrogen (secondary N) is 2. The van der Waals surface area contributed by atoms with Gasteiger partial charge in [0, 0.05) is 30.9 Å². The first-order valence-electron chi connectivity index (χ1n) is 7.54. The normalized spacial score (nSPS) is 11.0. The van der Waals surface area contributed by atoms with Crippen molar-refractivity contribution in [3.05, 3.63) is 66.1 Å². The van der Waals surface area contributed by atoms with Gasteiger partial charge in [-0.05, 0) is 29.8 Å². The molecule has 2 aromatic rings. The zero-order valence-electron chi connectivity index (χ0n) is 14.0. The van der Waals surface area contributed by atoms with Crippen LogP contribution in [0.5, 0.6) is 5.88 Å². The van der Waals surface area contributed by atoms with Gasteiger partial charge < -0.3 is 10.1 Å². The third kappa shape index (κ3) is 4.87. The van der Waals surface area contributed by atoms with Crippen molar-refractivity contribution in [2.75, 3.05) is 13.7 Å². The second-order valence-corrected chi connectivity index (χ2v) is 6.91. The summed E-state index contributed by atoms with van der Waals surface area (Å²) in [6.07, 6.45) is 2.86. The number of methoxy groups -OCH3 is 1. The standard InChI is InChI=1S/C17H18FN3O4S/c1-3-7-21-26(23,24)15-10-13(4-5-14(15)18)17(22)20-11-12-6-8-19-16(9-12)25-2/h3-6,8-10,21H,1,7,11H2,2H3,(H,20,22). The molecule has 26 heavy (non-hydrogen) atoms. The number of pyridine rings is 1. The Balaban J connectivity index is 2.16. The predicted molar refractivity (Wildman–Crippen MR) is 93.7 cm³/mol. The van der Waals surface area contributed by atoms with Gasteiger partial charge in [0.15, 0.2) is 0 Å². The molecule has 0 aliphatic rings. The third-order valence-electron chi connectivity index (χ3n) is 3.36. The monoisotopic (exact) mass is 379 g/mol. The number of carbonyl (C=O) groups excluding carboxylic acids is 1. The van der Waals surface area contributed by atoms with Gasteiger partial charge in [-0.1, -0.05) is 6.08 Å². The summed E-state index contributed by atoms with van der Waals surface area (Å²) in [6.45, 7) is 3.51. The Kier molecular flexibility index (Phi) is 6.42. The van der Waals surface area contributed by atoms with Crippen LogP contribution in [0.15, 0.2) is 54.1 Å². The van der Waals surface area contributed by atoms with Gasteiger partial charge in [0.05, 0.1) is 7.11 Å². The second kappa shape index (κ2) is 8.54. The maximum absolute atomic E-state index is 13.9. The van der Waals surface area contributed by atoms with E-state index in [1.807, 2.05) is 0 Å². The van der Waals surface area contributed by atoms with Crippen molar-refractivity contribution >= 4 is 15.9 Å². The Morgan fingerprint density at radius 2 is 2.12 bits per heavy atom. The Morgan fingerprint density at radius 1 is 1.35 bits per heavy atom. The van der Waals surface area contributed by atoms with Crippen molar-refractivity contribution in [1.82, 2.24) is 15.0 Å². The summed E-state index contributed by atoms with van der Waals surface area (Å²) in [5, 5.41) is 2.63. The number of hydrogen-bond acceptors (Lipinski definition) is 5. The summed E-state index contributed by atoms with van der Waals surface area (Å²) in [4.78, 5) is 15.6. The number of rotatable bonds is 8. The number of aromatic nitrogens is 1. The molecule has 0 unspecified atom stereocenters. The van der Waals surface area contributed by atoms with E-state index >= 15 is 0 Å². The number of halogens is 1. The van der Waals surface area contributed by atoms with Crippen molar-refractivity contribution in [1.29, 1.82) is 0 Å². The van der Waals surface area contributed by atoms with Crippen LogP contribution in [-0.4, -0.2) is 33.0 Å². The van der Waals surface area contributed by atoms with Gasteiger partial charge in [-0.15, -0.1) is 6.58 Å². The molecule has 138 valence electrons. The predicted octanol–water partition coefficient (Wildman–Crippen LogP) is 1.62. The zero-order valence-corrected chi connectivity index (χ0v) is 14.8. The number of sulfonamides is 1. The van der Waals surface area contributed by atoms with E-state index in [0.717, 1.165) is 17.7 Å². The number of ether oxygens (including phenoxy) is 1. The second-order valence-electron chi connectivity index (χ2n) is 5.17. The van der Waals surface area contributed by atoms with E-state index in [4.69, 9.17) is 4.74 Å². The van der Waals surface area contributed by atoms with Crippen LogP contribution in [0, 0.1) is 5.82 Å². The summed E-state index contributed by atoms with van der Waals surface area (Å²) in [6, 6.07) is 6.49. The molecule has 1 heterocycles. The first kappa shape index (κ1) is 19.5. The smallest absolute Gasteiger partial charge is 0.251 e. The van der Waals surface area contributed by atoms with Gasteiger partial charge in [-0.25, -0.2) is 22.5 Å². The molecule has 0 aliphatic heterocycles. The first-order chi connectivity index (χ1) is 12.4. The molecule has 9 heteroatoms. The fourth-order valence-corrected chi connectivity index (χ4v) is 3.15. The zero-order chi connectivity index (χ0) is 19.2. The lowest BCUT2D eigenvalue weighted by Gasteiger charge is -2.09. The van der Waals surface area contributed by atoms with Gasteiger partial charge in [0.25, 0.3) is 5.91 Å². The summed E-state index contributed by atoms with van der Waals surface area (Å²) in [5.41, 5.74) is 0.763. The van der Waals surface area contributed by atoms with Gasteiger partial charge >= 0.3 is 0 Å². The molecule has 0 bridgehead atoms. The van der Waals surface area contributed by atoms with Crippen molar-refractivity contribution in [3.8, 4) is 5.88 Å². The lowest BCUT2D eigenvalue weighted by atomic mass is 10.2. The molecule has 0 saturated heterocycles. The molecule has 0 fully saturated rings. The van der Waals surface area contributed by atoms with Gasteiger partial charge in [-0.2, -0.15) is 0 Å². The van der Waals surface area contributed by atoms with Crippen LogP contribution in [0.1, 0.15) is 15.9 Å². The molecule has 7 nitrogen and oxygen atoms in total. The van der Waals surface area contributed by atoms with E-state index in [2.05, 4.69) is 21.6 Å². The number of nitrogens with zero attached hydrogens (tertiary/aromatic N) is 1. The Morgan fingerprint density at radius 3 is 2.81 bits per heavy atom. The molecule has 0 atom stereocenters. The van der Waals surface area contributed by atoms with Crippen LogP contribution in [0.25, 0.3) is 0 Å². The molecular formula is C17H18FN3O4S. The lowest BCUT2D eigenvalue weighted by Crippen LogP contribution is -2.26. The van der Waals surface area contributed by atoms with Crippen LogP contribution in [0.2, 0.25) is 0 Å². The molecule has 2 N–H and O–H groups in total. The molecule has 1 aromatic heterocycles. The molecule has 0 saturated carbocycles. The lowest BCUT2D eigenvalue weighted by molar-refractivity contribution is 0.0950. The number of carbonyl (C=O) groups is 1. The minimum Gasteiger partial charge on any atom is -0.481 e. The largest absolute Gasteiger partial charge is 0.481 e. The van der Waals surface area contributed by atoms with E-state index in [-0.39, 0.29) is 18.7 Å². The van der Waals surface area contributed by atoms with Crippen molar-refractivity contribution in [3.63, 3.8) is 0 Å². The van der Waals surface area contributed by atoms with Crippen LogP contribution in [-0.2, 0) is 16.6 Å². The summed E-state index contributed by atoms with van der Waals surface area (Å²) in [7, 11) is -2.61. The maximum Gasteiger partial charge on any atom is 0.251 e. The Labute approximate surface area is 151 Å². The van der Waals surface area contributed by atoms with Gasteiger partial charge in [0.1, 0.15) is 10.7 Å². The van der Waals surface area contributed by atoms with Crippen LogP contribution >= 0.6 is 0 Å². The highest BCUT2D eigenvalue weighted by Crippen LogP contribution is 2.17. The average molecular weight is 379 g/mol. The molecule has 0 radical (unpaired) electrons. The molecule has 1 amide bonds. The number of amides is 1.